The zero-order valence-electron chi connectivity index (χ0n) is 12.5. The number of amides is 1. The summed E-state index contributed by atoms with van der Waals surface area (Å²) in [6.45, 7) is 1.60. The molecule has 4 heteroatoms. The molecule has 1 atom stereocenters. The highest BCUT2D eigenvalue weighted by Gasteiger charge is 2.20. The molecule has 0 saturated heterocycles. The predicted octanol–water partition coefficient (Wildman–Crippen LogP) is 3.53. The maximum Gasteiger partial charge on any atom is 0.306 e. The number of carbonyl (C=O) groups excluding carboxylic acids is 2. The second kappa shape index (κ2) is 7.81. The number of carbonyl (C=O) groups is 2. The van der Waals surface area contributed by atoms with Gasteiger partial charge < -0.3 is 10.1 Å². The van der Waals surface area contributed by atoms with Crippen LogP contribution in [0.1, 0.15) is 45.4 Å². The Morgan fingerprint density at radius 2 is 1.90 bits per heavy atom. The number of rotatable bonds is 6. The van der Waals surface area contributed by atoms with E-state index in [9.17, 15) is 9.59 Å². The van der Waals surface area contributed by atoms with Crippen LogP contribution in [0.15, 0.2) is 30.3 Å². The number of nitrogens with one attached hydrogen (secondary N) is 1. The van der Waals surface area contributed by atoms with Crippen molar-refractivity contribution in [1.82, 2.24) is 0 Å². The van der Waals surface area contributed by atoms with E-state index in [4.69, 9.17) is 4.74 Å². The molecule has 0 aliphatic heterocycles. The molecule has 1 amide bonds. The molecule has 1 N–H and O–H groups in total. The molecule has 1 aliphatic carbocycles. The number of hydrogen-bond donors (Lipinski definition) is 1. The molecule has 0 bridgehead atoms. The van der Waals surface area contributed by atoms with Crippen LogP contribution in [-0.2, 0) is 14.3 Å². The fourth-order valence-corrected chi connectivity index (χ4v) is 2.70. The predicted molar refractivity (Wildman–Crippen MR) is 81.8 cm³/mol. The lowest BCUT2D eigenvalue weighted by molar-refractivity contribution is -0.153. The van der Waals surface area contributed by atoms with Gasteiger partial charge in [0.25, 0.3) is 5.91 Å². The van der Waals surface area contributed by atoms with E-state index >= 15 is 0 Å². The summed E-state index contributed by atoms with van der Waals surface area (Å²) in [5, 5.41) is 2.73. The minimum Gasteiger partial charge on any atom is -0.453 e. The molecule has 1 saturated carbocycles. The quantitative estimate of drug-likeness (QED) is 0.815. The first-order valence-corrected chi connectivity index (χ1v) is 7.70. The van der Waals surface area contributed by atoms with Crippen LogP contribution in [0.5, 0.6) is 0 Å². The van der Waals surface area contributed by atoms with Crippen molar-refractivity contribution in [2.45, 2.75) is 51.6 Å². The van der Waals surface area contributed by atoms with Gasteiger partial charge in [-0.15, -0.1) is 0 Å². The molecule has 1 aromatic rings. The Kier molecular flexibility index (Phi) is 5.78. The Balaban J connectivity index is 1.70. The molecule has 4 nitrogen and oxygen atoms in total. The van der Waals surface area contributed by atoms with Gasteiger partial charge in [0.15, 0.2) is 6.10 Å². The van der Waals surface area contributed by atoms with Gasteiger partial charge in [0.05, 0.1) is 0 Å². The summed E-state index contributed by atoms with van der Waals surface area (Å²) in [5.74, 6) is 0.0824. The smallest absolute Gasteiger partial charge is 0.306 e. The van der Waals surface area contributed by atoms with Crippen molar-refractivity contribution in [1.29, 1.82) is 0 Å². The lowest BCUT2D eigenvalue weighted by Gasteiger charge is -2.14. The summed E-state index contributed by atoms with van der Waals surface area (Å²) < 4.78 is 5.19. The number of esters is 1. The van der Waals surface area contributed by atoms with Gasteiger partial charge in [-0.2, -0.15) is 0 Å². The second-order valence-corrected chi connectivity index (χ2v) is 5.68. The van der Waals surface area contributed by atoms with Gasteiger partial charge in [-0.25, -0.2) is 0 Å². The lowest BCUT2D eigenvalue weighted by Crippen LogP contribution is -2.30. The maximum absolute atomic E-state index is 11.9. The standard InChI is InChI=1S/C17H23NO3/c1-13(17(20)18-15-9-3-2-4-10-15)21-16(19)12-11-14-7-5-6-8-14/h2-4,9-10,13-14H,5-8,11-12H2,1H3,(H,18,20)/t13-/m0/s1. The van der Waals surface area contributed by atoms with Crippen molar-refractivity contribution in [2.75, 3.05) is 5.32 Å². The molecule has 2 rings (SSSR count). The molecule has 0 unspecified atom stereocenters. The third-order valence-corrected chi connectivity index (χ3v) is 3.95. The fraction of sp³-hybridized carbons (Fsp3) is 0.529. The molecule has 1 aromatic carbocycles. The molecule has 114 valence electrons. The van der Waals surface area contributed by atoms with Crippen LogP contribution >= 0.6 is 0 Å². The van der Waals surface area contributed by atoms with E-state index in [0.717, 1.165) is 6.42 Å². The molecular formula is C17H23NO3. The Hall–Kier alpha value is -1.84. The summed E-state index contributed by atoms with van der Waals surface area (Å²) in [5.41, 5.74) is 0.705. The van der Waals surface area contributed by atoms with E-state index < -0.39 is 6.10 Å². The molecule has 0 spiro atoms. The zero-order valence-corrected chi connectivity index (χ0v) is 12.5. The maximum atomic E-state index is 11.9. The third-order valence-electron chi connectivity index (χ3n) is 3.95. The Labute approximate surface area is 125 Å². The van der Waals surface area contributed by atoms with Crippen LogP contribution in [0.2, 0.25) is 0 Å². The number of para-hydroxylation sites is 1. The second-order valence-electron chi connectivity index (χ2n) is 5.68. The number of hydrogen-bond acceptors (Lipinski definition) is 3. The van der Waals surface area contributed by atoms with Crippen LogP contribution < -0.4 is 5.32 Å². The van der Waals surface area contributed by atoms with E-state index in [0.29, 0.717) is 18.0 Å². The van der Waals surface area contributed by atoms with Crippen LogP contribution in [0.4, 0.5) is 5.69 Å². The van der Waals surface area contributed by atoms with Gasteiger partial charge in [-0.05, 0) is 31.4 Å². The summed E-state index contributed by atoms with van der Waals surface area (Å²) in [7, 11) is 0. The van der Waals surface area contributed by atoms with Gasteiger partial charge in [0.1, 0.15) is 0 Å². The molecule has 0 aromatic heterocycles. The first kappa shape index (κ1) is 15.5. The molecule has 21 heavy (non-hydrogen) atoms. The summed E-state index contributed by atoms with van der Waals surface area (Å²) >= 11 is 0. The molecular weight excluding hydrogens is 266 g/mol. The van der Waals surface area contributed by atoms with E-state index in [1.165, 1.54) is 25.7 Å². The highest BCUT2D eigenvalue weighted by molar-refractivity contribution is 5.95. The highest BCUT2D eigenvalue weighted by atomic mass is 16.5. The van der Waals surface area contributed by atoms with E-state index in [1.807, 2.05) is 18.2 Å². The number of anilines is 1. The van der Waals surface area contributed by atoms with Crippen molar-refractivity contribution >= 4 is 17.6 Å². The number of ether oxygens (including phenoxy) is 1. The van der Waals surface area contributed by atoms with Gasteiger partial charge in [0.2, 0.25) is 0 Å². The SMILES string of the molecule is C[C@H](OC(=O)CCC1CCCC1)C(=O)Nc1ccccc1. The van der Waals surface area contributed by atoms with Crippen LogP contribution in [0.25, 0.3) is 0 Å². The number of benzene rings is 1. The first-order chi connectivity index (χ1) is 10.1. The molecule has 0 heterocycles. The third kappa shape index (κ3) is 5.21. The van der Waals surface area contributed by atoms with Gasteiger partial charge in [-0.3, -0.25) is 9.59 Å². The van der Waals surface area contributed by atoms with Gasteiger partial charge in [0, 0.05) is 12.1 Å². The first-order valence-electron chi connectivity index (χ1n) is 7.70. The van der Waals surface area contributed by atoms with Gasteiger partial charge >= 0.3 is 5.97 Å². The van der Waals surface area contributed by atoms with E-state index in [1.54, 1.807) is 19.1 Å². The molecule has 1 fully saturated rings. The van der Waals surface area contributed by atoms with Crippen molar-refractivity contribution in [3.8, 4) is 0 Å². The summed E-state index contributed by atoms with van der Waals surface area (Å²) in [6.07, 6.45) is 5.51. The Morgan fingerprint density at radius 3 is 2.57 bits per heavy atom. The highest BCUT2D eigenvalue weighted by Crippen LogP contribution is 2.28. The largest absolute Gasteiger partial charge is 0.453 e. The van der Waals surface area contributed by atoms with Crippen LogP contribution in [0.3, 0.4) is 0 Å². The molecule has 0 radical (unpaired) electrons. The van der Waals surface area contributed by atoms with Gasteiger partial charge in [-0.1, -0.05) is 43.9 Å². The van der Waals surface area contributed by atoms with E-state index in [-0.39, 0.29) is 11.9 Å². The average Bonchev–Trinajstić information content (AvgIpc) is 2.99. The van der Waals surface area contributed by atoms with Crippen molar-refractivity contribution in [3.05, 3.63) is 30.3 Å². The molecule has 1 aliphatic rings. The zero-order chi connectivity index (χ0) is 15.1. The topological polar surface area (TPSA) is 55.4 Å². The normalized spacial score (nSPS) is 16.4. The van der Waals surface area contributed by atoms with Crippen molar-refractivity contribution < 1.29 is 14.3 Å². The Bertz CT molecular complexity index is 466. The minimum absolute atomic E-state index is 0.280. The lowest BCUT2D eigenvalue weighted by atomic mass is 10.0. The van der Waals surface area contributed by atoms with Crippen molar-refractivity contribution in [2.24, 2.45) is 5.92 Å². The average molecular weight is 289 g/mol. The summed E-state index contributed by atoms with van der Waals surface area (Å²) in [4.78, 5) is 23.7. The van der Waals surface area contributed by atoms with Crippen molar-refractivity contribution in [3.63, 3.8) is 0 Å². The summed E-state index contributed by atoms with van der Waals surface area (Å²) in [6, 6.07) is 9.16. The minimum atomic E-state index is -0.763. The fourth-order valence-electron chi connectivity index (χ4n) is 2.70. The Morgan fingerprint density at radius 1 is 1.24 bits per heavy atom. The van der Waals surface area contributed by atoms with Crippen LogP contribution in [-0.4, -0.2) is 18.0 Å². The van der Waals surface area contributed by atoms with Crippen LogP contribution in [0, 0.1) is 5.92 Å². The monoisotopic (exact) mass is 289 g/mol. The van der Waals surface area contributed by atoms with E-state index in [2.05, 4.69) is 5.32 Å².